The number of rotatable bonds is 10. The van der Waals surface area contributed by atoms with Crippen molar-refractivity contribution in [1.29, 1.82) is 0 Å². The zero-order valence-corrected chi connectivity index (χ0v) is 19.4. The highest BCUT2D eigenvalue weighted by atomic mass is 32.2. The molecule has 11 nitrogen and oxygen atoms in total. The fraction of sp³-hybridized carbons (Fsp3) is 0.318. The van der Waals surface area contributed by atoms with Crippen LogP contribution in [-0.4, -0.2) is 60.0 Å². The van der Waals surface area contributed by atoms with Gasteiger partial charge in [-0.25, -0.2) is 22.6 Å². The molecular weight excluding hydrogens is 483 g/mol. The number of aliphatic imine (C=N–C) groups is 1. The molecule has 0 fully saturated rings. The zero-order chi connectivity index (χ0) is 25.8. The van der Waals surface area contributed by atoms with E-state index in [2.05, 4.69) is 10.3 Å². The molecule has 2 atom stereocenters. The van der Waals surface area contributed by atoms with Crippen LogP contribution >= 0.6 is 0 Å². The summed E-state index contributed by atoms with van der Waals surface area (Å²) in [6, 6.07) is 8.65. The molecule has 2 aromatic rings. The number of sulfone groups is 1. The van der Waals surface area contributed by atoms with Gasteiger partial charge in [0.1, 0.15) is 22.5 Å². The Morgan fingerprint density at radius 2 is 1.97 bits per heavy atom. The Balaban J connectivity index is 1.74. The molecule has 0 saturated carbocycles. The molecule has 0 aromatic heterocycles. The Bertz CT molecular complexity index is 1280. The number of nitro benzene ring substituents is 1. The number of carbonyl (C=O) groups excluding carboxylic acids is 1. The van der Waals surface area contributed by atoms with Crippen LogP contribution in [-0.2, 0) is 14.6 Å². The summed E-state index contributed by atoms with van der Waals surface area (Å²) in [5.74, 6) is -3.86. The topological polar surface area (TPSA) is 159 Å². The molecule has 1 aliphatic heterocycles. The van der Waals surface area contributed by atoms with Gasteiger partial charge in [-0.3, -0.25) is 14.9 Å². The monoisotopic (exact) mass is 506 g/mol. The maximum Gasteiger partial charge on any atom is 0.344 e. The number of carbonyl (C=O) groups is 2. The van der Waals surface area contributed by atoms with E-state index in [0.717, 1.165) is 12.1 Å². The van der Waals surface area contributed by atoms with Crippen LogP contribution < -0.4 is 5.32 Å². The van der Waals surface area contributed by atoms with Gasteiger partial charge in [0, 0.05) is 24.4 Å². The van der Waals surface area contributed by atoms with E-state index in [1.165, 1.54) is 48.2 Å². The Hall–Kier alpha value is -3.71. The molecule has 2 N–H and O–H groups in total. The average molecular weight is 507 g/mol. The molecule has 0 saturated heterocycles. The van der Waals surface area contributed by atoms with E-state index in [0.29, 0.717) is 0 Å². The van der Waals surface area contributed by atoms with Crippen LogP contribution in [0.5, 0.6) is 0 Å². The highest BCUT2D eigenvalue weighted by Gasteiger charge is 2.42. The van der Waals surface area contributed by atoms with E-state index in [1.807, 2.05) is 0 Å². The zero-order valence-electron chi connectivity index (χ0n) is 18.6. The number of aliphatic carboxylic acids is 1. The molecule has 0 spiro atoms. The first kappa shape index (κ1) is 25.9. The number of amides is 2. The second-order valence-corrected chi connectivity index (χ2v) is 9.84. The fourth-order valence-corrected chi connectivity index (χ4v) is 5.13. The third-order valence-electron chi connectivity index (χ3n) is 5.52. The van der Waals surface area contributed by atoms with Gasteiger partial charge in [-0.15, -0.1) is 0 Å². The van der Waals surface area contributed by atoms with E-state index < -0.39 is 55.3 Å². The predicted octanol–water partition coefficient (Wildman–Crippen LogP) is 2.78. The number of carboxylic acid groups (broad SMARTS) is 1. The summed E-state index contributed by atoms with van der Waals surface area (Å²) in [5.41, 5.74) is 0.0906. The smallest absolute Gasteiger partial charge is 0.344 e. The standard InChI is InChI=1S/C22H23FN4O7S/c1-14-19(21(28)29)20(15-6-4-7-16(12-15)27(31)32)26(22(30)25-14)11-5-10-24-13-35(33,34)18-9-3-2-8-17(18)23/h2-4,6-9,12,19-20,24H,5,10-11,13H2,1H3,(H,28,29). The van der Waals surface area contributed by atoms with Gasteiger partial charge in [-0.2, -0.15) is 0 Å². The van der Waals surface area contributed by atoms with Crippen molar-refractivity contribution < 1.29 is 32.4 Å². The van der Waals surface area contributed by atoms with Crippen LogP contribution in [0, 0.1) is 21.8 Å². The van der Waals surface area contributed by atoms with Crippen LogP contribution in [0.2, 0.25) is 0 Å². The summed E-state index contributed by atoms with van der Waals surface area (Å²) in [5, 5.41) is 23.7. The molecule has 2 amide bonds. The molecule has 0 bridgehead atoms. The first-order valence-electron chi connectivity index (χ1n) is 10.5. The third kappa shape index (κ3) is 5.87. The van der Waals surface area contributed by atoms with E-state index in [9.17, 15) is 37.6 Å². The van der Waals surface area contributed by atoms with Crippen LogP contribution in [0.25, 0.3) is 0 Å². The number of benzene rings is 2. The maximum atomic E-state index is 13.8. The lowest BCUT2D eigenvalue weighted by Crippen LogP contribution is -2.47. The van der Waals surface area contributed by atoms with Crippen LogP contribution in [0.4, 0.5) is 14.9 Å². The normalized spacial score (nSPS) is 18.3. The Morgan fingerprint density at radius 1 is 1.26 bits per heavy atom. The molecular formula is C22H23FN4O7S. The third-order valence-corrected chi connectivity index (χ3v) is 7.11. The molecule has 0 aliphatic carbocycles. The fourth-order valence-electron chi connectivity index (χ4n) is 3.91. The highest BCUT2D eigenvalue weighted by molar-refractivity contribution is 7.91. The molecule has 35 heavy (non-hydrogen) atoms. The number of carboxylic acids is 1. The largest absolute Gasteiger partial charge is 0.481 e. The summed E-state index contributed by atoms with van der Waals surface area (Å²) >= 11 is 0. The number of hydrogen-bond acceptors (Lipinski definition) is 7. The Labute approximate surface area is 200 Å². The Kier molecular flexibility index (Phi) is 7.92. The number of non-ortho nitro benzene ring substituents is 1. The van der Waals surface area contributed by atoms with E-state index in [1.54, 1.807) is 0 Å². The predicted molar refractivity (Wildman–Crippen MR) is 123 cm³/mol. The minimum Gasteiger partial charge on any atom is -0.481 e. The highest BCUT2D eigenvalue weighted by Crippen LogP contribution is 2.35. The van der Waals surface area contributed by atoms with Gasteiger partial charge in [-0.05, 0) is 37.6 Å². The molecule has 1 aliphatic rings. The lowest BCUT2D eigenvalue weighted by atomic mass is 9.86. The van der Waals surface area contributed by atoms with Gasteiger partial charge in [0.15, 0.2) is 9.84 Å². The average Bonchev–Trinajstić information content (AvgIpc) is 2.79. The van der Waals surface area contributed by atoms with Crippen molar-refractivity contribution in [2.45, 2.75) is 24.3 Å². The Morgan fingerprint density at radius 3 is 2.63 bits per heavy atom. The molecule has 3 rings (SSSR count). The minimum absolute atomic E-state index is 0.000498. The van der Waals surface area contributed by atoms with Crippen LogP contribution in [0.1, 0.15) is 24.9 Å². The van der Waals surface area contributed by atoms with Crippen molar-refractivity contribution in [3.63, 3.8) is 0 Å². The van der Waals surface area contributed by atoms with Gasteiger partial charge in [0.25, 0.3) is 5.69 Å². The van der Waals surface area contributed by atoms with Crippen molar-refractivity contribution in [3.05, 3.63) is 70.0 Å². The van der Waals surface area contributed by atoms with Crippen LogP contribution in [0.15, 0.2) is 58.4 Å². The van der Waals surface area contributed by atoms with Gasteiger partial charge in [0.05, 0.1) is 11.0 Å². The first-order chi connectivity index (χ1) is 16.5. The van der Waals surface area contributed by atoms with E-state index in [-0.39, 0.29) is 36.5 Å². The summed E-state index contributed by atoms with van der Waals surface area (Å²) in [6.45, 7) is 1.52. The molecule has 0 radical (unpaired) electrons. The summed E-state index contributed by atoms with van der Waals surface area (Å²) < 4.78 is 38.5. The number of halogens is 1. The van der Waals surface area contributed by atoms with E-state index in [4.69, 9.17) is 0 Å². The number of nitrogens with one attached hydrogen (secondary N) is 1. The van der Waals surface area contributed by atoms with E-state index >= 15 is 0 Å². The molecule has 186 valence electrons. The van der Waals surface area contributed by atoms with Gasteiger partial charge in [0.2, 0.25) is 0 Å². The van der Waals surface area contributed by atoms with Gasteiger partial charge < -0.3 is 15.3 Å². The van der Waals surface area contributed by atoms with Crippen molar-refractivity contribution >= 4 is 33.2 Å². The quantitative estimate of drug-likeness (QED) is 0.283. The van der Waals surface area contributed by atoms with Crippen molar-refractivity contribution in [2.75, 3.05) is 19.0 Å². The molecule has 2 unspecified atom stereocenters. The van der Waals surface area contributed by atoms with Crippen molar-refractivity contribution in [2.24, 2.45) is 10.9 Å². The van der Waals surface area contributed by atoms with Gasteiger partial charge in [-0.1, -0.05) is 24.3 Å². The SMILES string of the molecule is CC1=NC(=O)N(CCCNCS(=O)(=O)c2ccccc2F)C(c2cccc([N+](=O)[O-])c2)C1C(=O)O. The van der Waals surface area contributed by atoms with Crippen molar-refractivity contribution in [3.8, 4) is 0 Å². The first-order valence-corrected chi connectivity index (χ1v) is 12.2. The lowest BCUT2D eigenvalue weighted by Gasteiger charge is -2.37. The van der Waals surface area contributed by atoms with Crippen LogP contribution in [0.3, 0.4) is 0 Å². The number of nitrogens with zero attached hydrogens (tertiary/aromatic N) is 3. The molecule has 2 aromatic carbocycles. The summed E-state index contributed by atoms with van der Waals surface area (Å²) in [4.78, 5) is 39.9. The second-order valence-electron chi connectivity index (χ2n) is 7.89. The number of urea groups is 1. The second kappa shape index (κ2) is 10.7. The summed E-state index contributed by atoms with van der Waals surface area (Å²) in [7, 11) is -3.93. The summed E-state index contributed by atoms with van der Waals surface area (Å²) in [6.07, 6.45) is 0.213. The van der Waals surface area contributed by atoms with Gasteiger partial charge >= 0.3 is 12.0 Å². The minimum atomic E-state index is -3.93. The molecule has 1 heterocycles. The number of hydrogen-bond donors (Lipinski definition) is 2. The molecule has 13 heteroatoms. The maximum absolute atomic E-state index is 13.8. The lowest BCUT2D eigenvalue weighted by molar-refractivity contribution is -0.385. The number of nitro groups is 1. The van der Waals surface area contributed by atoms with Crippen molar-refractivity contribution in [1.82, 2.24) is 10.2 Å².